The first-order chi connectivity index (χ1) is 7.10. The van der Waals surface area contributed by atoms with Crippen molar-refractivity contribution in [2.45, 2.75) is 19.3 Å². The number of aryl methyl sites for hydroxylation is 1. The second-order valence-corrected chi connectivity index (χ2v) is 4.24. The molecular formula is C11H14BrNO2. The summed E-state index contributed by atoms with van der Waals surface area (Å²) in [5, 5.41) is 9.02. The summed E-state index contributed by atoms with van der Waals surface area (Å²) >= 11 is 3.37. The molecule has 4 heteroatoms. The van der Waals surface area contributed by atoms with Gasteiger partial charge in [-0.25, -0.2) is 0 Å². The summed E-state index contributed by atoms with van der Waals surface area (Å²) in [5.74, 6) is -1.47. The number of carboxylic acid groups (broad SMARTS) is 1. The van der Waals surface area contributed by atoms with E-state index in [1.54, 1.807) is 0 Å². The number of carbonyl (C=O) groups is 1. The van der Waals surface area contributed by atoms with Crippen molar-refractivity contribution in [1.29, 1.82) is 0 Å². The average Bonchev–Trinajstić information content (AvgIpc) is 2.20. The largest absolute Gasteiger partial charge is 0.481 e. The summed E-state index contributed by atoms with van der Waals surface area (Å²) in [4.78, 5) is 11.0. The lowest BCUT2D eigenvalue weighted by Gasteiger charge is -2.14. The van der Waals surface area contributed by atoms with Crippen LogP contribution in [0.1, 0.15) is 24.0 Å². The molecule has 0 amide bonds. The summed E-state index contributed by atoms with van der Waals surface area (Å²) in [7, 11) is 0. The third-order valence-corrected chi connectivity index (χ3v) is 2.89. The second kappa shape index (κ2) is 5.28. The molecule has 0 aromatic heterocycles. The van der Waals surface area contributed by atoms with Crippen molar-refractivity contribution < 1.29 is 9.90 Å². The first kappa shape index (κ1) is 12.2. The van der Waals surface area contributed by atoms with Crippen LogP contribution >= 0.6 is 15.9 Å². The van der Waals surface area contributed by atoms with Crippen molar-refractivity contribution >= 4 is 21.9 Å². The van der Waals surface area contributed by atoms with E-state index >= 15 is 0 Å². The molecule has 82 valence electrons. The minimum absolute atomic E-state index is 0.129. The van der Waals surface area contributed by atoms with Gasteiger partial charge in [0, 0.05) is 11.0 Å². The Labute approximate surface area is 97.4 Å². The molecule has 0 aliphatic heterocycles. The quantitative estimate of drug-likeness (QED) is 0.882. The predicted molar refractivity (Wildman–Crippen MR) is 63.0 cm³/mol. The molecule has 0 aliphatic carbocycles. The van der Waals surface area contributed by atoms with Crippen LogP contribution in [0.2, 0.25) is 0 Å². The SMILES string of the molecule is CCc1cc(Br)ccc1C(CN)C(=O)O. The Hall–Kier alpha value is -0.870. The normalized spacial score (nSPS) is 12.5. The van der Waals surface area contributed by atoms with Gasteiger partial charge >= 0.3 is 5.97 Å². The number of halogens is 1. The first-order valence-electron chi connectivity index (χ1n) is 4.81. The zero-order chi connectivity index (χ0) is 11.4. The van der Waals surface area contributed by atoms with E-state index in [1.165, 1.54) is 0 Å². The van der Waals surface area contributed by atoms with Gasteiger partial charge in [-0.2, -0.15) is 0 Å². The third-order valence-electron chi connectivity index (χ3n) is 2.40. The minimum atomic E-state index is -0.866. The summed E-state index contributed by atoms with van der Waals surface area (Å²) < 4.78 is 0.962. The van der Waals surface area contributed by atoms with Gasteiger partial charge in [-0.3, -0.25) is 4.79 Å². The number of benzene rings is 1. The molecule has 1 aromatic carbocycles. The molecule has 0 bridgehead atoms. The Morgan fingerprint density at radius 3 is 2.73 bits per heavy atom. The molecule has 1 aromatic rings. The maximum atomic E-state index is 11.0. The van der Waals surface area contributed by atoms with E-state index in [0.717, 1.165) is 22.0 Å². The number of aliphatic carboxylic acids is 1. The van der Waals surface area contributed by atoms with Gasteiger partial charge in [-0.1, -0.05) is 28.9 Å². The molecular weight excluding hydrogens is 258 g/mol. The maximum absolute atomic E-state index is 11.0. The smallest absolute Gasteiger partial charge is 0.312 e. The van der Waals surface area contributed by atoms with E-state index in [-0.39, 0.29) is 6.54 Å². The number of nitrogens with two attached hydrogens (primary N) is 1. The molecule has 1 atom stereocenters. The van der Waals surface area contributed by atoms with Crippen LogP contribution in [0.25, 0.3) is 0 Å². The van der Waals surface area contributed by atoms with Crippen LogP contribution in [0.5, 0.6) is 0 Å². The van der Waals surface area contributed by atoms with Gasteiger partial charge in [0.15, 0.2) is 0 Å². The fraction of sp³-hybridized carbons (Fsp3) is 0.364. The molecule has 1 rings (SSSR count). The zero-order valence-corrected chi connectivity index (χ0v) is 10.1. The summed E-state index contributed by atoms with van der Waals surface area (Å²) in [6.07, 6.45) is 0.804. The molecule has 3 N–H and O–H groups in total. The molecule has 0 saturated heterocycles. The van der Waals surface area contributed by atoms with Gasteiger partial charge in [-0.05, 0) is 29.7 Å². The van der Waals surface area contributed by atoms with Crippen molar-refractivity contribution in [3.63, 3.8) is 0 Å². The summed E-state index contributed by atoms with van der Waals surface area (Å²) in [6, 6.07) is 5.62. The lowest BCUT2D eigenvalue weighted by atomic mass is 9.93. The Morgan fingerprint density at radius 1 is 1.60 bits per heavy atom. The zero-order valence-electron chi connectivity index (χ0n) is 8.53. The first-order valence-corrected chi connectivity index (χ1v) is 5.60. The molecule has 0 fully saturated rings. The predicted octanol–water partition coefficient (Wildman–Crippen LogP) is 2.14. The minimum Gasteiger partial charge on any atom is -0.481 e. The molecule has 3 nitrogen and oxygen atoms in total. The van der Waals surface area contributed by atoms with Gasteiger partial charge in [0.25, 0.3) is 0 Å². The highest BCUT2D eigenvalue weighted by atomic mass is 79.9. The molecule has 1 unspecified atom stereocenters. The van der Waals surface area contributed by atoms with E-state index in [0.29, 0.717) is 0 Å². The van der Waals surface area contributed by atoms with Crippen molar-refractivity contribution in [3.8, 4) is 0 Å². The lowest BCUT2D eigenvalue weighted by Crippen LogP contribution is -2.22. The number of rotatable bonds is 4. The van der Waals surface area contributed by atoms with Gasteiger partial charge < -0.3 is 10.8 Å². The standard InChI is InChI=1S/C11H14BrNO2/c1-2-7-5-8(12)3-4-9(7)10(6-13)11(14)15/h3-5,10H,2,6,13H2,1H3,(H,14,15). The van der Waals surface area contributed by atoms with Crippen molar-refractivity contribution in [2.24, 2.45) is 5.73 Å². The molecule has 0 saturated carbocycles. The Kier molecular flexibility index (Phi) is 4.29. The van der Waals surface area contributed by atoms with Crippen LogP contribution in [0.15, 0.2) is 22.7 Å². The summed E-state index contributed by atoms with van der Waals surface area (Å²) in [5.41, 5.74) is 7.32. The Balaban J connectivity index is 3.16. The lowest BCUT2D eigenvalue weighted by molar-refractivity contribution is -0.138. The highest BCUT2D eigenvalue weighted by Crippen LogP contribution is 2.24. The molecule has 15 heavy (non-hydrogen) atoms. The van der Waals surface area contributed by atoms with Crippen molar-refractivity contribution in [2.75, 3.05) is 6.54 Å². The molecule has 0 aliphatic rings. The molecule has 0 spiro atoms. The topological polar surface area (TPSA) is 63.3 Å². The van der Waals surface area contributed by atoms with E-state index in [4.69, 9.17) is 10.8 Å². The van der Waals surface area contributed by atoms with E-state index < -0.39 is 11.9 Å². The van der Waals surface area contributed by atoms with Gasteiger partial charge in [0.05, 0.1) is 5.92 Å². The van der Waals surface area contributed by atoms with Crippen molar-refractivity contribution in [3.05, 3.63) is 33.8 Å². The van der Waals surface area contributed by atoms with Crippen LogP contribution in [-0.4, -0.2) is 17.6 Å². The fourth-order valence-electron chi connectivity index (χ4n) is 1.58. The highest BCUT2D eigenvalue weighted by molar-refractivity contribution is 9.10. The number of carboxylic acids is 1. The van der Waals surface area contributed by atoms with Gasteiger partial charge in [0.1, 0.15) is 0 Å². The highest BCUT2D eigenvalue weighted by Gasteiger charge is 2.20. The molecule has 0 heterocycles. The van der Waals surface area contributed by atoms with Gasteiger partial charge in [0.2, 0.25) is 0 Å². The number of hydrogen-bond acceptors (Lipinski definition) is 2. The summed E-state index contributed by atoms with van der Waals surface area (Å²) in [6.45, 7) is 2.13. The fourth-order valence-corrected chi connectivity index (χ4v) is 1.99. The second-order valence-electron chi connectivity index (χ2n) is 3.32. The Bertz CT molecular complexity index is 366. The van der Waals surface area contributed by atoms with Crippen LogP contribution in [0.4, 0.5) is 0 Å². The third kappa shape index (κ3) is 2.79. The molecule has 0 radical (unpaired) electrons. The van der Waals surface area contributed by atoms with Crippen LogP contribution in [-0.2, 0) is 11.2 Å². The maximum Gasteiger partial charge on any atom is 0.312 e. The average molecular weight is 272 g/mol. The Morgan fingerprint density at radius 2 is 2.27 bits per heavy atom. The van der Waals surface area contributed by atoms with Crippen LogP contribution in [0.3, 0.4) is 0 Å². The monoisotopic (exact) mass is 271 g/mol. The van der Waals surface area contributed by atoms with E-state index in [1.807, 2.05) is 25.1 Å². The van der Waals surface area contributed by atoms with Crippen LogP contribution in [0, 0.1) is 0 Å². The van der Waals surface area contributed by atoms with E-state index in [9.17, 15) is 4.79 Å². The van der Waals surface area contributed by atoms with Crippen molar-refractivity contribution in [1.82, 2.24) is 0 Å². The number of hydrogen-bond donors (Lipinski definition) is 2. The van der Waals surface area contributed by atoms with E-state index in [2.05, 4.69) is 15.9 Å². The van der Waals surface area contributed by atoms with Gasteiger partial charge in [-0.15, -0.1) is 0 Å². The van der Waals surface area contributed by atoms with Crippen LogP contribution < -0.4 is 5.73 Å².